The second-order valence-corrected chi connectivity index (χ2v) is 9.31. The van der Waals surface area contributed by atoms with Gasteiger partial charge in [-0.25, -0.2) is 0 Å². The normalized spacial score (nSPS) is 17.3. The predicted molar refractivity (Wildman–Crippen MR) is 117 cm³/mol. The summed E-state index contributed by atoms with van der Waals surface area (Å²) in [6.07, 6.45) is 7.20. The van der Waals surface area contributed by atoms with Crippen molar-refractivity contribution in [1.82, 2.24) is 4.90 Å². The molecule has 0 radical (unpaired) electrons. The zero-order valence-corrected chi connectivity index (χ0v) is 17.3. The number of hydrogen-bond donors (Lipinski definition) is 1. The maximum atomic E-state index is 8.43. The standard InChI is InChI=1S/C23H31N3S/c1-18-7-10-23(27-18)21(24)17-19-8-9-22-20(16-19)6-4-14-26(22)15-5-13-25-11-2-3-12-25/h7-10,16,24H,2-6,11-15,17H2,1H3. The minimum absolute atomic E-state index is 0.738. The van der Waals surface area contributed by atoms with E-state index in [9.17, 15) is 0 Å². The van der Waals surface area contributed by atoms with Crippen LogP contribution in [-0.4, -0.2) is 43.3 Å². The fourth-order valence-electron chi connectivity index (χ4n) is 4.45. The molecule has 144 valence electrons. The van der Waals surface area contributed by atoms with E-state index in [4.69, 9.17) is 5.41 Å². The van der Waals surface area contributed by atoms with Crippen LogP contribution in [0.5, 0.6) is 0 Å². The first-order chi connectivity index (χ1) is 13.2. The molecule has 1 aromatic carbocycles. The number of aryl methyl sites for hydroxylation is 2. The number of anilines is 1. The van der Waals surface area contributed by atoms with Crippen molar-refractivity contribution in [2.24, 2.45) is 0 Å². The highest BCUT2D eigenvalue weighted by Gasteiger charge is 2.18. The van der Waals surface area contributed by atoms with Crippen molar-refractivity contribution in [3.05, 3.63) is 51.2 Å². The summed E-state index contributed by atoms with van der Waals surface area (Å²) in [5, 5.41) is 8.43. The second-order valence-electron chi connectivity index (χ2n) is 8.02. The van der Waals surface area contributed by atoms with E-state index in [-0.39, 0.29) is 0 Å². The van der Waals surface area contributed by atoms with Gasteiger partial charge >= 0.3 is 0 Å². The van der Waals surface area contributed by atoms with Crippen LogP contribution in [0, 0.1) is 12.3 Å². The van der Waals surface area contributed by atoms with Gasteiger partial charge in [-0.05, 0) is 88.0 Å². The minimum Gasteiger partial charge on any atom is -0.371 e. The molecule has 27 heavy (non-hydrogen) atoms. The van der Waals surface area contributed by atoms with E-state index in [1.807, 2.05) is 0 Å². The summed E-state index contributed by atoms with van der Waals surface area (Å²) >= 11 is 1.73. The van der Waals surface area contributed by atoms with Crippen LogP contribution in [-0.2, 0) is 12.8 Å². The van der Waals surface area contributed by atoms with Crippen LogP contribution in [0.3, 0.4) is 0 Å². The van der Waals surface area contributed by atoms with E-state index in [0.717, 1.165) is 17.0 Å². The van der Waals surface area contributed by atoms with Gasteiger partial charge in [0, 0.05) is 35.0 Å². The number of thiophene rings is 1. The lowest BCUT2D eigenvalue weighted by atomic mass is 9.96. The average molecular weight is 382 g/mol. The maximum absolute atomic E-state index is 8.43. The van der Waals surface area contributed by atoms with Gasteiger partial charge in [0.05, 0.1) is 5.71 Å². The third-order valence-electron chi connectivity index (χ3n) is 5.88. The highest BCUT2D eigenvalue weighted by Crippen LogP contribution is 2.29. The van der Waals surface area contributed by atoms with Crippen molar-refractivity contribution >= 4 is 22.7 Å². The maximum Gasteiger partial charge on any atom is 0.0529 e. The van der Waals surface area contributed by atoms with Crippen molar-refractivity contribution < 1.29 is 0 Å². The molecule has 0 saturated carbocycles. The number of likely N-dealkylation sites (tertiary alicyclic amines) is 1. The number of benzene rings is 1. The van der Waals surface area contributed by atoms with Gasteiger partial charge in [-0.2, -0.15) is 0 Å². The number of nitrogens with one attached hydrogen (secondary N) is 1. The van der Waals surface area contributed by atoms with Gasteiger partial charge in [0.15, 0.2) is 0 Å². The molecule has 4 heteroatoms. The fraction of sp³-hybridized carbons (Fsp3) is 0.522. The zero-order chi connectivity index (χ0) is 18.6. The number of fused-ring (bicyclic) bond motifs is 1. The smallest absolute Gasteiger partial charge is 0.0529 e. The van der Waals surface area contributed by atoms with Crippen LogP contribution < -0.4 is 4.90 Å². The van der Waals surface area contributed by atoms with Crippen molar-refractivity contribution in [1.29, 1.82) is 5.41 Å². The average Bonchev–Trinajstić information content (AvgIpc) is 3.33. The van der Waals surface area contributed by atoms with Crippen molar-refractivity contribution in [3.63, 3.8) is 0 Å². The Morgan fingerprint density at radius 3 is 2.67 bits per heavy atom. The van der Waals surface area contributed by atoms with Crippen LogP contribution in [0.25, 0.3) is 0 Å². The SMILES string of the molecule is Cc1ccc(C(=N)Cc2ccc3c(c2)CCCN3CCCN2CCCC2)s1. The third-order valence-corrected chi connectivity index (χ3v) is 6.94. The zero-order valence-electron chi connectivity index (χ0n) is 16.5. The Morgan fingerprint density at radius 2 is 1.89 bits per heavy atom. The third kappa shape index (κ3) is 4.61. The van der Waals surface area contributed by atoms with Gasteiger partial charge in [0.25, 0.3) is 0 Å². The lowest BCUT2D eigenvalue weighted by molar-refractivity contribution is 0.334. The Labute approximate surface area is 167 Å². The molecule has 0 spiro atoms. The summed E-state index contributed by atoms with van der Waals surface area (Å²) in [4.78, 5) is 7.59. The number of hydrogen-bond acceptors (Lipinski definition) is 4. The summed E-state index contributed by atoms with van der Waals surface area (Å²) in [7, 11) is 0. The summed E-state index contributed by atoms with van der Waals surface area (Å²) in [6, 6.07) is 11.1. The fourth-order valence-corrected chi connectivity index (χ4v) is 5.26. The Bertz CT molecular complexity index is 789. The Morgan fingerprint density at radius 1 is 1.04 bits per heavy atom. The summed E-state index contributed by atoms with van der Waals surface area (Å²) in [5.41, 5.74) is 4.94. The molecule has 1 N–H and O–H groups in total. The van der Waals surface area contributed by atoms with Crippen LogP contribution >= 0.6 is 11.3 Å². The summed E-state index contributed by atoms with van der Waals surface area (Å²) in [6.45, 7) is 8.33. The van der Waals surface area contributed by atoms with Crippen LogP contribution in [0.15, 0.2) is 30.3 Å². The molecule has 2 aliphatic heterocycles. The lowest BCUT2D eigenvalue weighted by Gasteiger charge is -2.32. The molecule has 0 bridgehead atoms. The largest absolute Gasteiger partial charge is 0.371 e. The molecule has 1 fully saturated rings. The number of nitrogens with zero attached hydrogens (tertiary/aromatic N) is 2. The molecule has 0 atom stereocenters. The highest BCUT2D eigenvalue weighted by molar-refractivity contribution is 7.14. The van der Waals surface area contributed by atoms with E-state index in [1.165, 1.54) is 86.5 Å². The van der Waals surface area contributed by atoms with Gasteiger partial charge in [0.2, 0.25) is 0 Å². The van der Waals surface area contributed by atoms with Crippen molar-refractivity contribution in [3.8, 4) is 0 Å². The quantitative estimate of drug-likeness (QED) is 0.691. The summed E-state index contributed by atoms with van der Waals surface area (Å²) in [5.74, 6) is 0. The first-order valence-corrected chi connectivity index (χ1v) is 11.2. The van der Waals surface area contributed by atoms with Gasteiger partial charge in [0.1, 0.15) is 0 Å². The van der Waals surface area contributed by atoms with Gasteiger partial charge in [-0.3, -0.25) is 0 Å². The van der Waals surface area contributed by atoms with Crippen molar-refractivity contribution in [2.75, 3.05) is 37.6 Å². The molecule has 0 amide bonds. The van der Waals surface area contributed by atoms with E-state index < -0.39 is 0 Å². The molecule has 4 rings (SSSR count). The molecule has 1 aromatic heterocycles. The Hall–Kier alpha value is -1.65. The van der Waals surface area contributed by atoms with Crippen LogP contribution in [0.1, 0.15) is 46.6 Å². The molecule has 3 nitrogen and oxygen atoms in total. The van der Waals surface area contributed by atoms with E-state index >= 15 is 0 Å². The minimum atomic E-state index is 0.738. The molecule has 2 aromatic rings. The molecule has 3 heterocycles. The second kappa shape index (κ2) is 8.57. The molecular formula is C23H31N3S. The molecule has 0 unspecified atom stereocenters. The molecule has 0 aliphatic carbocycles. The Balaban J connectivity index is 1.38. The highest BCUT2D eigenvalue weighted by atomic mass is 32.1. The van der Waals surface area contributed by atoms with E-state index in [0.29, 0.717) is 0 Å². The molecular weight excluding hydrogens is 350 g/mol. The first-order valence-electron chi connectivity index (χ1n) is 10.4. The lowest BCUT2D eigenvalue weighted by Crippen LogP contribution is -2.32. The summed E-state index contributed by atoms with van der Waals surface area (Å²) < 4.78 is 0. The van der Waals surface area contributed by atoms with Gasteiger partial charge < -0.3 is 15.2 Å². The monoisotopic (exact) mass is 381 g/mol. The molecule has 1 saturated heterocycles. The first kappa shape index (κ1) is 18.7. The van der Waals surface area contributed by atoms with Gasteiger partial charge in [-0.15, -0.1) is 11.3 Å². The van der Waals surface area contributed by atoms with Gasteiger partial charge in [-0.1, -0.05) is 12.1 Å². The Kier molecular flexibility index (Phi) is 5.94. The topological polar surface area (TPSA) is 30.3 Å². The predicted octanol–water partition coefficient (Wildman–Crippen LogP) is 4.91. The van der Waals surface area contributed by atoms with Crippen LogP contribution in [0.4, 0.5) is 5.69 Å². The molecule has 2 aliphatic rings. The van der Waals surface area contributed by atoms with Crippen LogP contribution in [0.2, 0.25) is 0 Å². The van der Waals surface area contributed by atoms with Crippen molar-refractivity contribution in [2.45, 2.75) is 45.4 Å². The number of rotatable bonds is 7. The van der Waals surface area contributed by atoms with E-state index in [1.54, 1.807) is 11.3 Å². The van der Waals surface area contributed by atoms with E-state index in [2.05, 4.69) is 47.1 Å².